The zero-order valence-electron chi connectivity index (χ0n) is 13.4. The van der Waals surface area contributed by atoms with Crippen LogP contribution < -0.4 is 5.32 Å². The fourth-order valence-corrected chi connectivity index (χ4v) is 2.38. The molecule has 23 heavy (non-hydrogen) atoms. The van der Waals surface area contributed by atoms with Gasteiger partial charge in [0.2, 0.25) is 5.91 Å². The third-order valence-electron chi connectivity index (χ3n) is 3.43. The van der Waals surface area contributed by atoms with Gasteiger partial charge in [0.1, 0.15) is 17.5 Å². The molecule has 1 atom stereocenters. The van der Waals surface area contributed by atoms with Crippen LogP contribution in [0.3, 0.4) is 0 Å². The van der Waals surface area contributed by atoms with Crippen LogP contribution >= 0.6 is 11.6 Å². The van der Waals surface area contributed by atoms with Crippen LogP contribution in [0.2, 0.25) is 5.02 Å². The van der Waals surface area contributed by atoms with E-state index in [1.54, 1.807) is 32.9 Å². The van der Waals surface area contributed by atoms with Gasteiger partial charge < -0.3 is 10.1 Å². The van der Waals surface area contributed by atoms with Gasteiger partial charge in [-0.1, -0.05) is 23.7 Å². The summed E-state index contributed by atoms with van der Waals surface area (Å²) in [6, 6.07) is 4.03. The Morgan fingerprint density at radius 3 is 2.70 bits per heavy atom. The predicted molar refractivity (Wildman–Crippen MR) is 84.6 cm³/mol. The monoisotopic (exact) mass is 342 g/mol. The molecule has 1 fully saturated rings. The van der Waals surface area contributed by atoms with Crippen molar-refractivity contribution in [1.29, 1.82) is 0 Å². The lowest BCUT2D eigenvalue weighted by Crippen LogP contribution is -2.59. The van der Waals surface area contributed by atoms with Crippen molar-refractivity contribution in [3.8, 4) is 0 Å². The maximum Gasteiger partial charge on any atom is 0.410 e. The maximum atomic E-state index is 13.8. The first-order valence-corrected chi connectivity index (χ1v) is 7.77. The molecule has 1 aliphatic rings. The van der Waals surface area contributed by atoms with E-state index in [2.05, 4.69) is 5.32 Å². The molecule has 2 rings (SSSR count). The van der Waals surface area contributed by atoms with E-state index in [9.17, 15) is 14.0 Å². The maximum absolute atomic E-state index is 13.8. The molecule has 0 saturated carbocycles. The summed E-state index contributed by atoms with van der Waals surface area (Å²) in [5.74, 6) is -0.881. The molecule has 0 aromatic heterocycles. The highest BCUT2D eigenvalue weighted by molar-refractivity contribution is 6.30. The summed E-state index contributed by atoms with van der Waals surface area (Å²) in [4.78, 5) is 25.5. The number of ether oxygens (including phenoxy) is 1. The van der Waals surface area contributed by atoms with E-state index in [0.29, 0.717) is 18.5 Å². The fourth-order valence-electron chi connectivity index (χ4n) is 2.18. The zero-order chi connectivity index (χ0) is 17.2. The lowest BCUT2D eigenvalue weighted by atomic mass is 10.0. The zero-order valence-corrected chi connectivity index (χ0v) is 14.1. The molecular formula is C16H20ClFN2O3. The molecule has 0 aliphatic carbocycles. The van der Waals surface area contributed by atoms with Crippen molar-refractivity contribution < 1.29 is 18.7 Å². The molecule has 1 aromatic carbocycles. The third kappa shape index (κ3) is 4.34. The van der Waals surface area contributed by atoms with E-state index in [1.807, 2.05) is 0 Å². The summed E-state index contributed by atoms with van der Waals surface area (Å²) >= 11 is 5.70. The van der Waals surface area contributed by atoms with E-state index in [0.717, 1.165) is 0 Å². The van der Waals surface area contributed by atoms with Gasteiger partial charge in [0.05, 0.1) is 5.02 Å². The van der Waals surface area contributed by atoms with Crippen molar-refractivity contribution in [1.82, 2.24) is 10.2 Å². The Labute approximate surface area is 139 Å². The number of benzene rings is 1. The Kier molecular flexibility index (Phi) is 5.14. The van der Waals surface area contributed by atoms with E-state index in [-0.39, 0.29) is 17.5 Å². The highest BCUT2D eigenvalue weighted by Gasteiger charge is 2.39. The molecular weight excluding hydrogens is 323 g/mol. The average Bonchev–Trinajstić information content (AvgIpc) is 2.37. The van der Waals surface area contributed by atoms with Crippen LogP contribution in [0.4, 0.5) is 9.18 Å². The minimum absolute atomic E-state index is 0.00998. The molecule has 2 amide bonds. The van der Waals surface area contributed by atoms with Gasteiger partial charge in [-0.25, -0.2) is 9.18 Å². The number of halogens is 2. The number of carbonyl (C=O) groups is 2. The molecule has 1 aliphatic heterocycles. The molecule has 0 bridgehead atoms. The quantitative estimate of drug-likeness (QED) is 0.918. The number of likely N-dealkylation sites (tertiary alicyclic amines) is 1. The van der Waals surface area contributed by atoms with E-state index >= 15 is 0 Å². The van der Waals surface area contributed by atoms with Gasteiger partial charge in [0, 0.05) is 18.7 Å². The second kappa shape index (κ2) is 6.74. The van der Waals surface area contributed by atoms with Crippen molar-refractivity contribution in [2.45, 2.75) is 45.4 Å². The number of amides is 2. The van der Waals surface area contributed by atoms with Crippen LogP contribution in [-0.2, 0) is 16.1 Å². The molecule has 5 nitrogen and oxygen atoms in total. The summed E-state index contributed by atoms with van der Waals surface area (Å²) in [5, 5.41) is 2.64. The van der Waals surface area contributed by atoms with Crippen LogP contribution in [0, 0.1) is 5.82 Å². The molecule has 7 heteroatoms. The first-order chi connectivity index (χ1) is 10.7. The molecule has 0 radical (unpaired) electrons. The van der Waals surface area contributed by atoms with Gasteiger partial charge in [-0.3, -0.25) is 9.69 Å². The number of nitrogens with one attached hydrogen (secondary N) is 1. The van der Waals surface area contributed by atoms with Crippen LogP contribution in [-0.4, -0.2) is 35.1 Å². The van der Waals surface area contributed by atoms with Crippen molar-refractivity contribution in [3.63, 3.8) is 0 Å². The fraction of sp³-hybridized carbons (Fsp3) is 0.500. The van der Waals surface area contributed by atoms with Crippen LogP contribution in [0.1, 0.15) is 32.8 Å². The summed E-state index contributed by atoms with van der Waals surface area (Å²) < 4.78 is 19.0. The Morgan fingerprint density at radius 2 is 2.13 bits per heavy atom. The lowest BCUT2D eigenvalue weighted by Gasteiger charge is -2.40. The highest BCUT2D eigenvalue weighted by atomic mass is 35.5. The second-order valence-electron chi connectivity index (χ2n) is 6.41. The van der Waals surface area contributed by atoms with Gasteiger partial charge in [0.25, 0.3) is 0 Å². The first-order valence-electron chi connectivity index (χ1n) is 7.39. The van der Waals surface area contributed by atoms with Crippen LogP contribution in [0.5, 0.6) is 0 Å². The first kappa shape index (κ1) is 17.5. The number of nitrogens with zero attached hydrogens (tertiary/aromatic N) is 1. The molecule has 126 valence electrons. The number of rotatable bonds is 3. The molecule has 0 unspecified atom stereocenters. The Balaban J connectivity index is 1.91. The molecule has 0 spiro atoms. The molecule has 1 saturated heterocycles. The normalized spacial score (nSPS) is 17.4. The van der Waals surface area contributed by atoms with Crippen molar-refractivity contribution >= 4 is 23.6 Å². The number of carbonyl (C=O) groups excluding carboxylic acids is 2. The number of hydrogen-bond acceptors (Lipinski definition) is 3. The Hall–Kier alpha value is -1.82. The Bertz CT molecular complexity index is 616. The standard InChI is InChI=1S/C16H20ClFN2O3/c1-16(2,3)23-15(22)20-8-7-12(20)14(21)19-9-10-5-4-6-11(17)13(10)18/h4-6,12H,7-9H2,1-3H3,(H,19,21)/t12-/m0/s1. The van der Waals surface area contributed by atoms with Gasteiger partial charge in [-0.05, 0) is 33.3 Å². The summed E-state index contributed by atoms with van der Waals surface area (Å²) in [6.07, 6.45) is 0.0427. The summed E-state index contributed by atoms with van der Waals surface area (Å²) in [7, 11) is 0. The smallest absolute Gasteiger partial charge is 0.410 e. The van der Waals surface area contributed by atoms with Gasteiger partial charge in [-0.2, -0.15) is 0 Å². The van der Waals surface area contributed by atoms with E-state index < -0.39 is 23.6 Å². The largest absolute Gasteiger partial charge is 0.444 e. The van der Waals surface area contributed by atoms with E-state index in [1.165, 1.54) is 11.0 Å². The summed E-state index contributed by atoms with van der Waals surface area (Å²) in [6.45, 7) is 5.79. The topological polar surface area (TPSA) is 58.6 Å². The van der Waals surface area contributed by atoms with Crippen LogP contribution in [0.15, 0.2) is 18.2 Å². The number of hydrogen-bond donors (Lipinski definition) is 1. The van der Waals surface area contributed by atoms with Gasteiger partial charge in [-0.15, -0.1) is 0 Å². The third-order valence-corrected chi connectivity index (χ3v) is 3.73. The Morgan fingerprint density at radius 1 is 1.43 bits per heavy atom. The van der Waals surface area contributed by atoms with Crippen molar-refractivity contribution in [2.24, 2.45) is 0 Å². The van der Waals surface area contributed by atoms with Gasteiger partial charge >= 0.3 is 6.09 Å². The van der Waals surface area contributed by atoms with Gasteiger partial charge in [0.15, 0.2) is 0 Å². The minimum atomic E-state index is -0.613. The van der Waals surface area contributed by atoms with Crippen LogP contribution in [0.25, 0.3) is 0 Å². The second-order valence-corrected chi connectivity index (χ2v) is 6.82. The summed E-state index contributed by atoms with van der Waals surface area (Å²) in [5.41, 5.74) is -0.313. The molecule has 1 aromatic rings. The van der Waals surface area contributed by atoms with Crippen molar-refractivity contribution in [3.05, 3.63) is 34.6 Å². The molecule has 1 N–H and O–H groups in total. The van der Waals surface area contributed by atoms with E-state index in [4.69, 9.17) is 16.3 Å². The molecule has 1 heterocycles. The van der Waals surface area contributed by atoms with Crippen molar-refractivity contribution in [2.75, 3.05) is 6.54 Å². The average molecular weight is 343 g/mol. The lowest BCUT2D eigenvalue weighted by molar-refractivity contribution is -0.130. The minimum Gasteiger partial charge on any atom is -0.444 e. The SMILES string of the molecule is CC(C)(C)OC(=O)N1CC[C@H]1C(=O)NCc1cccc(Cl)c1F. The predicted octanol–water partition coefficient (Wildman–Crippen LogP) is 3.10. The highest BCUT2D eigenvalue weighted by Crippen LogP contribution is 2.22.